The number of pyridine rings is 1. The van der Waals surface area contributed by atoms with Crippen molar-refractivity contribution in [3.63, 3.8) is 0 Å². The predicted molar refractivity (Wildman–Crippen MR) is 49.5 cm³/mol. The number of hydrogen-bond donors (Lipinski definition) is 2. The molecule has 0 unspecified atom stereocenters. The van der Waals surface area contributed by atoms with Crippen molar-refractivity contribution in [2.45, 2.75) is 12.8 Å². The molecule has 4 nitrogen and oxygen atoms in total. The molecule has 0 saturated heterocycles. The van der Waals surface area contributed by atoms with Gasteiger partial charge < -0.3 is 10.3 Å². The van der Waals surface area contributed by atoms with Crippen LogP contribution in [0.1, 0.15) is 12.0 Å². The van der Waals surface area contributed by atoms with E-state index in [1.807, 2.05) is 0 Å². The Morgan fingerprint density at radius 2 is 2.38 bits per heavy atom. The van der Waals surface area contributed by atoms with Crippen molar-refractivity contribution in [3.8, 4) is 0 Å². The molecule has 0 spiro atoms. The van der Waals surface area contributed by atoms with E-state index in [2.05, 4.69) is 10.3 Å². The Morgan fingerprint density at radius 3 is 3.00 bits per heavy atom. The SMILES string of the molecule is CNC(=O)CCc1ccc[nH]c1=O. The molecule has 1 amide bonds. The monoisotopic (exact) mass is 180 g/mol. The lowest BCUT2D eigenvalue weighted by molar-refractivity contribution is -0.120. The van der Waals surface area contributed by atoms with Crippen LogP contribution in [0, 0.1) is 0 Å². The molecule has 0 fully saturated rings. The van der Waals surface area contributed by atoms with E-state index < -0.39 is 0 Å². The second-order valence-electron chi connectivity index (χ2n) is 2.70. The maximum atomic E-state index is 11.1. The number of H-pyrrole nitrogens is 1. The number of rotatable bonds is 3. The summed E-state index contributed by atoms with van der Waals surface area (Å²) in [7, 11) is 1.58. The first-order valence-corrected chi connectivity index (χ1v) is 4.11. The lowest BCUT2D eigenvalue weighted by Crippen LogP contribution is -2.20. The molecule has 0 aliphatic heterocycles. The van der Waals surface area contributed by atoms with E-state index in [0.29, 0.717) is 18.4 Å². The summed E-state index contributed by atoms with van der Waals surface area (Å²) in [4.78, 5) is 24.6. The first kappa shape index (κ1) is 9.51. The Bertz CT molecular complexity index is 343. The van der Waals surface area contributed by atoms with Crippen LogP contribution in [0.15, 0.2) is 23.1 Å². The van der Waals surface area contributed by atoms with Crippen LogP contribution in [0.3, 0.4) is 0 Å². The summed E-state index contributed by atoms with van der Waals surface area (Å²) >= 11 is 0. The first-order valence-electron chi connectivity index (χ1n) is 4.11. The van der Waals surface area contributed by atoms with E-state index in [1.165, 1.54) is 0 Å². The van der Waals surface area contributed by atoms with Gasteiger partial charge in [0.2, 0.25) is 5.91 Å². The highest BCUT2D eigenvalue weighted by Gasteiger charge is 2.01. The van der Waals surface area contributed by atoms with Crippen LogP contribution in [-0.4, -0.2) is 17.9 Å². The Kier molecular flexibility index (Phi) is 3.25. The first-order chi connectivity index (χ1) is 6.24. The number of carbonyl (C=O) groups is 1. The Labute approximate surface area is 76.0 Å². The molecule has 13 heavy (non-hydrogen) atoms. The van der Waals surface area contributed by atoms with Gasteiger partial charge in [0.1, 0.15) is 0 Å². The van der Waals surface area contributed by atoms with Crippen molar-refractivity contribution in [1.82, 2.24) is 10.3 Å². The van der Waals surface area contributed by atoms with Crippen LogP contribution >= 0.6 is 0 Å². The largest absolute Gasteiger partial charge is 0.359 e. The summed E-state index contributed by atoms with van der Waals surface area (Å²) in [5.74, 6) is -0.0525. The molecule has 1 rings (SSSR count). The van der Waals surface area contributed by atoms with Crippen LogP contribution in [0.25, 0.3) is 0 Å². The Hall–Kier alpha value is -1.58. The minimum Gasteiger partial charge on any atom is -0.359 e. The fourth-order valence-electron chi connectivity index (χ4n) is 1.03. The van der Waals surface area contributed by atoms with Crippen LogP contribution in [0.5, 0.6) is 0 Å². The van der Waals surface area contributed by atoms with Gasteiger partial charge in [0.15, 0.2) is 0 Å². The van der Waals surface area contributed by atoms with Gasteiger partial charge in [-0.15, -0.1) is 0 Å². The lowest BCUT2D eigenvalue weighted by atomic mass is 10.1. The number of carbonyl (C=O) groups excluding carboxylic acids is 1. The molecule has 0 aliphatic rings. The summed E-state index contributed by atoms with van der Waals surface area (Å²) < 4.78 is 0. The van der Waals surface area contributed by atoms with Crippen molar-refractivity contribution < 1.29 is 4.79 Å². The summed E-state index contributed by atoms with van der Waals surface area (Å²) in [6.07, 6.45) is 2.41. The van der Waals surface area contributed by atoms with E-state index in [4.69, 9.17) is 0 Å². The Morgan fingerprint density at radius 1 is 1.62 bits per heavy atom. The van der Waals surface area contributed by atoms with Gasteiger partial charge in [-0.3, -0.25) is 9.59 Å². The molecule has 70 valence electrons. The third-order valence-corrected chi connectivity index (χ3v) is 1.80. The molecule has 0 bridgehead atoms. The zero-order valence-electron chi connectivity index (χ0n) is 7.46. The standard InChI is InChI=1S/C9H12N2O2/c1-10-8(12)5-4-7-3-2-6-11-9(7)13/h2-3,6H,4-5H2,1H3,(H,10,12)(H,11,13). The van der Waals surface area contributed by atoms with Crippen LogP contribution in [0.4, 0.5) is 0 Å². The highest BCUT2D eigenvalue weighted by atomic mass is 16.1. The van der Waals surface area contributed by atoms with Gasteiger partial charge in [0, 0.05) is 25.2 Å². The molecule has 1 aromatic rings. The smallest absolute Gasteiger partial charge is 0.251 e. The molecule has 1 heterocycles. The quantitative estimate of drug-likeness (QED) is 0.690. The molecule has 0 saturated carbocycles. The highest BCUT2D eigenvalue weighted by molar-refractivity contribution is 5.75. The van der Waals surface area contributed by atoms with Gasteiger partial charge in [0.05, 0.1) is 0 Å². The molecule has 2 N–H and O–H groups in total. The van der Waals surface area contributed by atoms with Crippen LogP contribution < -0.4 is 10.9 Å². The molecule has 0 aliphatic carbocycles. The minimum absolute atomic E-state index is 0.0525. The molecule has 1 aromatic heterocycles. The van der Waals surface area contributed by atoms with Gasteiger partial charge in [-0.05, 0) is 12.5 Å². The molecule has 0 aromatic carbocycles. The molecule has 0 atom stereocenters. The van der Waals surface area contributed by atoms with Crippen molar-refractivity contribution in [1.29, 1.82) is 0 Å². The fourth-order valence-corrected chi connectivity index (χ4v) is 1.03. The normalized spacial score (nSPS) is 9.62. The van der Waals surface area contributed by atoms with Gasteiger partial charge in [-0.1, -0.05) is 6.07 Å². The van der Waals surface area contributed by atoms with Gasteiger partial charge in [-0.25, -0.2) is 0 Å². The van der Waals surface area contributed by atoms with Crippen molar-refractivity contribution in [2.24, 2.45) is 0 Å². The molecular weight excluding hydrogens is 168 g/mol. The van der Waals surface area contributed by atoms with Gasteiger partial charge in [0.25, 0.3) is 5.56 Å². The number of amides is 1. The summed E-state index contributed by atoms with van der Waals surface area (Å²) in [5.41, 5.74) is 0.525. The second-order valence-corrected chi connectivity index (χ2v) is 2.70. The number of aromatic amines is 1. The zero-order chi connectivity index (χ0) is 9.68. The number of aryl methyl sites for hydroxylation is 1. The zero-order valence-corrected chi connectivity index (χ0v) is 7.46. The topological polar surface area (TPSA) is 62.0 Å². The van der Waals surface area contributed by atoms with E-state index in [0.717, 1.165) is 0 Å². The van der Waals surface area contributed by atoms with Gasteiger partial charge >= 0.3 is 0 Å². The third-order valence-electron chi connectivity index (χ3n) is 1.80. The second kappa shape index (κ2) is 4.45. The summed E-state index contributed by atoms with van der Waals surface area (Å²) in [5, 5.41) is 2.50. The van der Waals surface area contributed by atoms with E-state index in [9.17, 15) is 9.59 Å². The third kappa shape index (κ3) is 2.74. The van der Waals surface area contributed by atoms with E-state index >= 15 is 0 Å². The predicted octanol–water partition coefficient (Wildman–Crippen LogP) is 0.0535. The maximum absolute atomic E-state index is 11.1. The van der Waals surface area contributed by atoms with E-state index in [-0.39, 0.29) is 11.5 Å². The lowest BCUT2D eigenvalue weighted by Gasteiger charge is -1.98. The number of nitrogens with one attached hydrogen (secondary N) is 2. The minimum atomic E-state index is -0.119. The number of aromatic nitrogens is 1. The average Bonchev–Trinajstić information content (AvgIpc) is 2.16. The molecule has 4 heteroatoms. The highest BCUT2D eigenvalue weighted by Crippen LogP contribution is 1.94. The molecule has 0 radical (unpaired) electrons. The van der Waals surface area contributed by atoms with Gasteiger partial charge in [-0.2, -0.15) is 0 Å². The maximum Gasteiger partial charge on any atom is 0.251 e. The fraction of sp³-hybridized carbons (Fsp3) is 0.333. The van der Waals surface area contributed by atoms with Crippen LogP contribution in [-0.2, 0) is 11.2 Å². The van der Waals surface area contributed by atoms with Crippen molar-refractivity contribution in [2.75, 3.05) is 7.05 Å². The average molecular weight is 180 g/mol. The summed E-state index contributed by atoms with van der Waals surface area (Å²) in [6.45, 7) is 0. The number of hydrogen-bond acceptors (Lipinski definition) is 2. The Balaban J connectivity index is 2.60. The summed E-state index contributed by atoms with van der Waals surface area (Å²) in [6, 6.07) is 3.47. The van der Waals surface area contributed by atoms with E-state index in [1.54, 1.807) is 25.4 Å². The van der Waals surface area contributed by atoms with Crippen molar-refractivity contribution in [3.05, 3.63) is 34.2 Å². The van der Waals surface area contributed by atoms with Crippen LogP contribution in [0.2, 0.25) is 0 Å². The molecular formula is C9H12N2O2. The van der Waals surface area contributed by atoms with Crippen molar-refractivity contribution >= 4 is 5.91 Å².